The van der Waals surface area contributed by atoms with Crippen LogP contribution >= 0.6 is 11.6 Å². The Hall–Kier alpha value is -2.66. The Kier molecular flexibility index (Phi) is 5.91. The molecule has 142 valence electrons. The van der Waals surface area contributed by atoms with Gasteiger partial charge in [-0.3, -0.25) is 4.98 Å². The summed E-state index contributed by atoms with van der Waals surface area (Å²) in [5, 5.41) is 2.48. The molecule has 0 atom stereocenters. The molecule has 3 aromatic rings. The summed E-state index contributed by atoms with van der Waals surface area (Å²) in [7, 11) is 4.80. The number of halogens is 1. The summed E-state index contributed by atoms with van der Waals surface area (Å²) >= 11 is 6.51. The van der Waals surface area contributed by atoms with E-state index in [1.54, 1.807) is 27.5 Å². The van der Waals surface area contributed by atoms with Crippen LogP contribution in [0, 0.1) is 0 Å². The molecule has 0 aliphatic heterocycles. The first-order chi connectivity index (χ1) is 13.1. The van der Waals surface area contributed by atoms with Gasteiger partial charge in [-0.15, -0.1) is 0 Å². The molecule has 0 unspecified atom stereocenters. The van der Waals surface area contributed by atoms with Crippen molar-refractivity contribution in [2.45, 2.75) is 13.3 Å². The van der Waals surface area contributed by atoms with Crippen LogP contribution in [0.4, 0.5) is 0 Å². The van der Waals surface area contributed by atoms with Crippen LogP contribution in [0.2, 0.25) is 5.02 Å². The van der Waals surface area contributed by atoms with Crippen molar-refractivity contribution in [3.63, 3.8) is 0 Å². The zero-order valence-electron chi connectivity index (χ0n) is 15.8. The van der Waals surface area contributed by atoms with Crippen molar-refractivity contribution >= 4 is 22.4 Å². The van der Waals surface area contributed by atoms with E-state index in [-0.39, 0.29) is 0 Å². The first kappa shape index (κ1) is 19.1. The number of fused-ring (bicyclic) bond motifs is 1. The van der Waals surface area contributed by atoms with Gasteiger partial charge in [0, 0.05) is 17.8 Å². The van der Waals surface area contributed by atoms with Crippen LogP contribution in [0.1, 0.15) is 18.1 Å². The lowest BCUT2D eigenvalue weighted by atomic mass is 10.00. The van der Waals surface area contributed by atoms with Gasteiger partial charge in [-0.25, -0.2) is 0 Å². The molecule has 3 rings (SSSR count). The van der Waals surface area contributed by atoms with Gasteiger partial charge < -0.3 is 18.9 Å². The van der Waals surface area contributed by atoms with Crippen LogP contribution in [-0.2, 0) is 6.42 Å². The van der Waals surface area contributed by atoms with Gasteiger partial charge in [0.2, 0.25) is 5.75 Å². The third kappa shape index (κ3) is 3.74. The zero-order chi connectivity index (χ0) is 19.4. The smallest absolute Gasteiger partial charge is 0.203 e. The molecule has 6 heteroatoms. The molecule has 0 N–H and O–H groups in total. The Labute approximate surface area is 163 Å². The third-order valence-electron chi connectivity index (χ3n) is 4.34. The van der Waals surface area contributed by atoms with Crippen molar-refractivity contribution in [3.05, 3.63) is 52.8 Å². The molecule has 27 heavy (non-hydrogen) atoms. The van der Waals surface area contributed by atoms with Gasteiger partial charge in [-0.05, 0) is 48.1 Å². The molecule has 0 saturated carbocycles. The topological polar surface area (TPSA) is 49.8 Å². The van der Waals surface area contributed by atoms with E-state index in [4.69, 9.17) is 30.5 Å². The predicted octanol–water partition coefficient (Wildman–Crippen LogP) is 4.90. The highest BCUT2D eigenvalue weighted by Gasteiger charge is 2.15. The number of aromatic nitrogens is 1. The monoisotopic (exact) mass is 387 g/mol. The lowest BCUT2D eigenvalue weighted by molar-refractivity contribution is 0.324. The van der Waals surface area contributed by atoms with Crippen molar-refractivity contribution in [1.29, 1.82) is 0 Å². The Morgan fingerprint density at radius 2 is 1.59 bits per heavy atom. The first-order valence-electron chi connectivity index (χ1n) is 8.59. The minimum Gasteiger partial charge on any atom is -0.493 e. The normalized spacial score (nSPS) is 10.7. The average Bonchev–Trinajstić information content (AvgIpc) is 2.69. The fourth-order valence-corrected chi connectivity index (χ4v) is 3.38. The van der Waals surface area contributed by atoms with Gasteiger partial charge >= 0.3 is 0 Å². The van der Waals surface area contributed by atoms with Crippen LogP contribution < -0.4 is 18.9 Å². The number of hydrogen-bond donors (Lipinski definition) is 0. The molecule has 1 aromatic heterocycles. The third-order valence-corrected chi connectivity index (χ3v) is 4.73. The molecular weight excluding hydrogens is 366 g/mol. The molecule has 0 radical (unpaired) electrons. The highest BCUT2D eigenvalue weighted by molar-refractivity contribution is 6.37. The summed E-state index contributed by atoms with van der Waals surface area (Å²) in [6.07, 6.45) is 4.26. The zero-order valence-corrected chi connectivity index (χ0v) is 16.6. The largest absolute Gasteiger partial charge is 0.493 e. The quantitative estimate of drug-likeness (QED) is 0.577. The van der Waals surface area contributed by atoms with E-state index in [2.05, 4.69) is 4.98 Å². The molecule has 0 aliphatic rings. The van der Waals surface area contributed by atoms with Crippen molar-refractivity contribution in [1.82, 2.24) is 4.98 Å². The lowest BCUT2D eigenvalue weighted by Gasteiger charge is -2.15. The maximum atomic E-state index is 6.51. The summed E-state index contributed by atoms with van der Waals surface area (Å²) < 4.78 is 21.9. The van der Waals surface area contributed by atoms with Crippen LogP contribution in [0.5, 0.6) is 23.0 Å². The molecule has 2 aromatic carbocycles. The summed E-state index contributed by atoms with van der Waals surface area (Å²) in [5.74, 6) is 2.48. The minimum atomic E-state index is 0.559. The first-order valence-corrected chi connectivity index (χ1v) is 8.97. The Balaban J connectivity index is 2.06. The second-order valence-electron chi connectivity index (χ2n) is 5.91. The van der Waals surface area contributed by atoms with Crippen LogP contribution in [0.15, 0.2) is 36.7 Å². The maximum Gasteiger partial charge on any atom is 0.203 e. The minimum absolute atomic E-state index is 0.559. The van der Waals surface area contributed by atoms with E-state index in [9.17, 15) is 0 Å². The van der Waals surface area contributed by atoms with E-state index in [0.29, 0.717) is 41.0 Å². The fourth-order valence-electron chi connectivity index (χ4n) is 3.12. The number of rotatable bonds is 7. The van der Waals surface area contributed by atoms with Crippen LogP contribution in [-0.4, -0.2) is 32.9 Å². The maximum absolute atomic E-state index is 6.51. The molecule has 0 spiro atoms. The molecule has 0 amide bonds. The Morgan fingerprint density at radius 3 is 2.19 bits per heavy atom. The summed E-state index contributed by atoms with van der Waals surface area (Å²) in [6.45, 7) is 2.49. The van der Waals surface area contributed by atoms with Crippen molar-refractivity contribution in [2.75, 3.05) is 27.9 Å². The van der Waals surface area contributed by atoms with Crippen LogP contribution in [0.3, 0.4) is 0 Å². The second-order valence-corrected chi connectivity index (χ2v) is 6.29. The van der Waals surface area contributed by atoms with E-state index in [1.165, 1.54) is 0 Å². The fraction of sp³-hybridized carbons (Fsp3) is 0.286. The molecule has 0 bridgehead atoms. The van der Waals surface area contributed by atoms with Gasteiger partial charge in [0.05, 0.1) is 33.0 Å². The van der Waals surface area contributed by atoms with Gasteiger partial charge in [-0.1, -0.05) is 17.7 Å². The number of nitrogens with zero attached hydrogens (tertiary/aromatic N) is 1. The van der Waals surface area contributed by atoms with Crippen molar-refractivity contribution in [3.8, 4) is 23.0 Å². The molecule has 1 heterocycles. The van der Waals surface area contributed by atoms with Crippen molar-refractivity contribution < 1.29 is 18.9 Å². The second kappa shape index (κ2) is 8.35. The summed E-state index contributed by atoms with van der Waals surface area (Å²) in [5.41, 5.74) is 2.07. The highest BCUT2D eigenvalue weighted by atomic mass is 35.5. The number of benzene rings is 2. The number of pyridine rings is 1. The SMILES string of the molecule is CCOc1ccc2c(Cc3cc(OC)c(OC)c(OC)c3)cncc2c1Cl. The van der Waals surface area contributed by atoms with Crippen LogP contribution in [0.25, 0.3) is 10.8 Å². The molecular formula is C21H22ClNO4. The number of methoxy groups -OCH3 is 3. The van der Waals surface area contributed by atoms with E-state index in [0.717, 1.165) is 21.9 Å². The molecule has 5 nitrogen and oxygen atoms in total. The standard InChI is InChI=1S/C21H22ClNO4/c1-5-27-17-7-6-15-14(11-23-12-16(15)20(17)22)8-13-9-18(24-2)21(26-4)19(10-13)25-3/h6-7,9-12H,5,8H2,1-4H3. The highest BCUT2D eigenvalue weighted by Crippen LogP contribution is 2.39. The van der Waals surface area contributed by atoms with Gasteiger partial charge in [0.25, 0.3) is 0 Å². The van der Waals surface area contributed by atoms with E-state index in [1.807, 2.05) is 37.4 Å². The number of hydrogen-bond acceptors (Lipinski definition) is 5. The molecule has 0 saturated heterocycles. The Bertz CT molecular complexity index is 933. The Morgan fingerprint density at radius 1 is 0.889 bits per heavy atom. The average molecular weight is 388 g/mol. The number of ether oxygens (including phenoxy) is 4. The van der Waals surface area contributed by atoms with Gasteiger partial charge in [0.1, 0.15) is 5.75 Å². The van der Waals surface area contributed by atoms with E-state index < -0.39 is 0 Å². The molecule has 0 aliphatic carbocycles. The van der Waals surface area contributed by atoms with E-state index >= 15 is 0 Å². The van der Waals surface area contributed by atoms with Crippen molar-refractivity contribution in [2.24, 2.45) is 0 Å². The predicted molar refractivity (Wildman–Crippen MR) is 107 cm³/mol. The molecule has 0 fully saturated rings. The summed E-state index contributed by atoms with van der Waals surface area (Å²) in [4.78, 5) is 4.36. The lowest BCUT2D eigenvalue weighted by Crippen LogP contribution is -1.99. The van der Waals surface area contributed by atoms with Gasteiger partial charge in [0.15, 0.2) is 11.5 Å². The van der Waals surface area contributed by atoms with Gasteiger partial charge in [-0.2, -0.15) is 0 Å². The summed E-state index contributed by atoms with van der Waals surface area (Å²) in [6, 6.07) is 7.79.